The Morgan fingerprint density at radius 2 is 1.52 bits per heavy atom. The van der Waals surface area contributed by atoms with Gasteiger partial charge in [0.2, 0.25) is 0 Å². The minimum atomic E-state index is -4.57. The van der Waals surface area contributed by atoms with E-state index in [9.17, 15) is 26.3 Å². The number of alkyl halides is 6. The molecule has 0 spiro atoms. The molecule has 6 nitrogen and oxygen atoms in total. The van der Waals surface area contributed by atoms with Crippen LogP contribution in [0, 0.1) is 0 Å². The van der Waals surface area contributed by atoms with Gasteiger partial charge in [0.25, 0.3) is 0 Å². The summed E-state index contributed by atoms with van der Waals surface area (Å²) in [6, 6.07) is 15.1. The lowest BCUT2D eigenvalue weighted by molar-refractivity contribution is -0.138. The summed E-state index contributed by atoms with van der Waals surface area (Å²) in [7, 11) is 0. The predicted octanol–water partition coefficient (Wildman–Crippen LogP) is 6.77. The Balaban J connectivity index is 1.33. The van der Waals surface area contributed by atoms with Crippen LogP contribution in [0.25, 0.3) is 0 Å². The van der Waals surface area contributed by atoms with Crippen molar-refractivity contribution >= 4 is 17.3 Å². The highest BCUT2D eigenvalue weighted by atomic mass is 19.4. The zero-order valence-corrected chi connectivity index (χ0v) is 22.3. The monoisotopic (exact) mass is 584 g/mol. The number of hydrogen-bond acceptors (Lipinski definition) is 6. The molecule has 0 bridgehead atoms. The number of nitrogens with zero attached hydrogens (tertiary/aromatic N) is 5. The van der Waals surface area contributed by atoms with E-state index in [2.05, 4.69) is 27.3 Å². The smallest absolute Gasteiger partial charge is 0.350 e. The molecule has 0 fully saturated rings. The summed E-state index contributed by atoms with van der Waals surface area (Å²) in [4.78, 5) is 17.3. The average molecular weight is 585 g/mol. The molecule has 2 aromatic carbocycles. The Labute approximate surface area is 238 Å². The second kappa shape index (κ2) is 10.9. The van der Waals surface area contributed by atoms with Gasteiger partial charge in [0.15, 0.2) is 0 Å². The van der Waals surface area contributed by atoms with E-state index in [1.807, 2.05) is 12.1 Å². The number of fused-ring (bicyclic) bond motifs is 2. The molecule has 0 saturated carbocycles. The summed E-state index contributed by atoms with van der Waals surface area (Å²) in [5.74, 6) is 0.742. The number of anilines is 3. The van der Waals surface area contributed by atoms with E-state index in [4.69, 9.17) is 9.97 Å². The third-order valence-electron chi connectivity index (χ3n) is 7.55. The van der Waals surface area contributed by atoms with E-state index in [1.54, 1.807) is 4.90 Å². The maximum Gasteiger partial charge on any atom is 0.419 e. The standard InChI is InChI=1S/C30H26F6N6/c31-29(32,33)21-7-9-22(10-8-21)38-27-23-12-15-42(28-24(30(34,35)36)6-3-13-37-28)17-25(23)39-26(40-27)18-41-14-11-19-4-1-2-5-20(19)16-41/h1-10,13H,11-12,14-18H2,(H,38,39,40). The SMILES string of the molecule is FC(F)(F)c1ccc(Nc2nc(CN3CCc4ccccc4C3)nc3c2CCN(c2ncccc2C(F)(F)F)C3)cc1. The van der Waals surface area contributed by atoms with Crippen molar-refractivity contribution in [1.82, 2.24) is 19.9 Å². The summed E-state index contributed by atoms with van der Waals surface area (Å²) in [5, 5.41) is 3.14. The zero-order valence-electron chi connectivity index (χ0n) is 22.3. The lowest BCUT2D eigenvalue weighted by atomic mass is 10.00. The Kier molecular flexibility index (Phi) is 7.25. The Bertz CT molecular complexity index is 1580. The van der Waals surface area contributed by atoms with Crippen LogP contribution in [0.4, 0.5) is 43.7 Å². The maximum atomic E-state index is 13.8. The van der Waals surface area contributed by atoms with Crippen LogP contribution < -0.4 is 10.2 Å². The summed E-state index contributed by atoms with van der Waals surface area (Å²) < 4.78 is 80.6. The van der Waals surface area contributed by atoms with Crippen LogP contribution in [0.5, 0.6) is 0 Å². The number of aromatic nitrogens is 3. The molecule has 6 rings (SSSR count). The van der Waals surface area contributed by atoms with Crippen LogP contribution in [0.2, 0.25) is 0 Å². The molecule has 1 N–H and O–H groups in total. The van der Waals surface area contributed by atoms with Crippen molar-refractivity contribution in [3.8, 4) is 0 Å². The second-order valence-corrected chi connectivity index (χ2v) is 10.4. The Morgan fingerprint density at radius 3 is 2.26 bits per heavy atom. The number of halogens is 6. The lowest BCUT2D eigenvalue weighted by Gasteiger charge is -2.32. The molecule has 2 aromatic heterocycles. The van der Waals surface area contributed by atoms with Crippen molar-refractivity contribution in [2.24, 2.45) is 0 Å². The van der Waals surface area contributed by atoms with Gasteiger partial charge in [-0.15, -0.1) is 0 Å². The van der Waals surface area contributed by atoms with Crippen molar-refractivity contribution in [3.63, 3.8) is 0 Å². The quantitative estimate of drug-likeness (QED) is 0.261. The molecule has 4 aromatic rings. The van der Waals surface area contributed by atoms with Gasteiger partial charge in [-0.25, -0.2) is 15.0 Å². The first-order valence-electron chi connectivity index (χ1n) is 13.4. The van der Waals surface area contributed by atoms with Gasteiger partial charge < -0.3 is 10.2 Å². The van der Waals surface area contributed by atoms with E-state index >= 15 is 0 Å². The van der Waals surface area contributed by atoms with Crippen LogP contribution in [0.15, 0.2) is 66.9 Å². The lowest BCUT2D eigenvalue weighted by Crippen LogP contribution is -2.35. The summed E-state index contributed by atoms with van der Waals surface area (Å²) >= 11 is 0. The second-order valence-electron chi connectivity index (χ2n) is 10.4. The fraction of sp³-hybridized carbons (Fsp3) is 0.300. The van der Waals surface area contributed by atoms with E-state index in [0.717, 1.165) is 31.2 Å². The number of nitrogens with one attached hydrogen (secondary N) is 1. The highest BCUT2D eigenvalue weighted by molar-refractivity contribution is 5.62. The number of rotatable bonds is 5. The topological polar surface area (TPSA) is 57.2 Å². The van der Waals surface area contributed by atoms with Crippen molar-refractivity contribution in [2.75, 3.05) is 23.3 Å². The molecule has 2 aliphatic rings. The normalized spacial score (nSPS) is 15.7. The van der Waals surface area contributed by atoms with Gasteiger partial charge in [-0.2, -0.15) is 26.3 Å². The van der Waals surface area contributed by atoms with Gasteiger partial charge in [-0.1, -0.05) is 24.3 Å². The van der Waals surface area contributed by atoms with E-state index in [1.165, 1.54) is 35.5 Å². The van der Waals surface area contributed by atoms with Gasteiger partial charge in [-0.3, -0.25) is 4.90 Å². The highest BCUT2D eigenvalue weighted by Crippen LogP contribution is 2.38. The third kappa shape index (κ3) is 5.89. The number of benzene rings is 2. The summed E-state index contributed by atoms with van der Waals surface area (Å²) in [5.41, 5.74) is 2.59. The first kappa shape index (κ1) is 28.0. The average Bonchev–Trinajstić information content (AvgIpc) is 2.96. The molecule has 42 heavy (non-hydrogen) atoms. The Morgan fingerprint density at radius 1 is 0.762 bits per heavy atom. The first-order valence-corrected chi connectivity index (χ1v) is 13.4. The van der Waals surface area contributed by atoms with Crippen LogP contribution in [0.3, 0.4) is 0 Å². The molecular formula is C30H26F6N6. The number of hydrogen-bond donors (Lipinski definition) is 1. The van der Waals surface area contributed by atoms with Crippen molar-refractivity contribution in [3.05, 3.63) is 106 Å². The van der Waals surface area contributed by atoms with Gasteiger partial charge in [0.1, 0.15) is 17.5 Å². The molecule has 0 aliphatic carbocycles. The molecular weight excluding hydrogens is 558 g/mol. The minimum absolute atomic E-state index is 0.0788. The van der Waals surface area contributed by atoms with Crippen LogP contribution in [-0.4, -0.2) is 32.9 Å². The van der Waals surface area contributed by atoms with Crippen molar-refractivity contribution < 1.29 is 26.3 Å². The van der Waals surface area contributed by atoms with Crippen molar-refractivity contribution in [1.29, 1.82) is 0 Å². The van der Waals surface area contributed by atoms with Gasteiger partial charge >= 0.3 is 12.4 Å². The maximum absolute atomic E-state index is 13.8. The van der Waals surface area contributed by atoms with E-state index in [-0.39, 0.29) is 18.9 Å². The summed E-state index contributed by atoms with van der Waals surface area (Å²) in [6.45, 7) is 2.21. The predicted molar refractivity (Wildman–Crippen MR) is 145 cm³/mol. The molecule has 12 heteroatoms. The van der Waals surface area contributed by atoms with E-state index < -0.39 is 23.5 Å². The van der Waals surface area contributed by atoms with Crippen LogP contribution in [0.1, 0.15) is 39.3 Å². The van der Waals surface area contributed by atoms with Crippen LogP contribution in [-0.2, 0) is 44.8 Å². The third-order valence-corrected chi connectivity index (χ3v) is 7.55. The largest absolute Gasteiger partial charge is 0.419 e. The minimum Gasteiger partial charge on any atom is -0.350 e. The molecule has 0 radical (unpaired) electrons. The zero-order chi connectivity index (χ0) is 29.5. The molecule has 4 heterocycles. The Hall–Kier alpha value is -4.19. The molecule has 0 atom stereocenters. The molecule has 218 valence electrons. The number of pyridine rings is 1. The highest BCUT2D eigenvalue weighted by Gasteiger charge is 2.37. The fourth-order valence-electron chi connectivity index (χ4n) is 5.48. The first-order chi connectivity index (χ1) is 20.0. The van der Waals surface area contributed by atoms with Crippen molar-refractivity contribution in [2.45, 2.75) is 44.8 Å². The molecule has 0 saturated heterocycles. The van der Waals surface area contributed by atoms with Gasteiger partial charge in [0.05, 0.1) is 29.9 Å². The van der Waals surface area contributed by atoms with E-state index in [0.29, 0.717) is 48.1 Å². The van der Waals surface area contributed by atoms with Crippen LogP contribution >= 0.6 is 0 Å². The fourth-order valence-corrected chi connectivity index (χ4v) is 5.48. The molecule has 2 aliphatic heterocycles. The summed E-state index contributed by atoms with van der Waals surface area (Å²) in [6.07, 6.45) is -6.51. The molecule has 0 unspecified atom stereocenters. The van der Waals surface area contributed by atoms with Gasteiger partial charge in [-0.05, 0) is 60.4 Å². The van der Waals surface area contributed by atoms with Gasteiger partial charge in [0, 0.05) is 37.1 Å². The molecule has 0 amide bonds.